The number of benzene rings is 1. The Labute approximate surface area is 384 Å². The Morgan fingerprint density at radius 1 is 0.525 bits per heavy atom. The van der Waals surface area contributed by atoms with Crippen molar-refractivity contribution in [3.05, 3.63) is 53.6 Å². The third-order valence-corrected chi connectivity index (χ3v) is 18.6. The minimum atomic E-state index is -1.04. The molecule has 1 unspecified atom stereocenters. The van der Waals surface area contributed by atoms with Gasteiger partial charge in [-0.25, -0.2) is 8.78 Å². The summed E-state index contributed by atoms with van der Waals surface area (Å²) in [5.41, 5.74) is 2.32. The van der Waals surface area contributed by atoms with Crippen molar-refractivity contribution >= 4 is 108 Å². The summed E-state index contributed by atoms with van der Waals surface area (Å²) in [6.07, 6.45) is 24.4. The molecule has 5 aromatic rings. The van der Waals surface area contributed by atoms with Crippen molar-refractivity contribution in [3.63, 3.8) is 0 Å². The predicted molar refractivity (Wildman–Crippen MR) is 260 cm³/mol. The summed E-state index contributed by atoms with van der Waals surface area (Å²) in [5, 5.41) is 0. The Bertz CT molecular complexity index is 2060. The first kappa shape index (κ1) is 47.0. The normalized spacial score (nSPS) is 13.6. The van der Waals surface area contributed by atoms with E-state index in [0.29, 0.717) is 9.75 Å². The molecule has 1 aliphatic heterocycles. The largest absolute Gasteiger partial charge is 0.274 e. The van der Waals surface area contributed by atoms with Crippen LogP contribution in [0.15, 0.2) is 19.7 Å². The number of fused-ring (bicyclic) bond motifs is 3. The summed E-state index contributed by atoms with van der Waals surface area (Å²) >= 11 is 13.6. The Kier molecular flexibility index (Phi) is 18.1. The third kappa shape index (κ3) is 10.8. The molecule has 0 saturated carbocycles. The number of hydrogen-bond acceptors (Lipinski definition) is 6. The number of carbonyl (C=O) groups excluding carboxylic acids is 2. The van der Waals surface area contributed by atoms with Crippen molar-refractivity contribution in [2.24, 2.45) is 5.92 Å². The third-order valence-electron chi connectivity index (χ3n) is 12.0. The van der Waals surface area contributed by atoms with Crippen molar-refractivity contribution < 1.29 is 18.4 Å². The Morgan fingerprint density at radius 2 is 0.915 bits per heavy atom. The zero-order valence-corrected chi connectivity index (χ0v) is 41.8. The molecule has 0 spiro atoms. The van der Waals surface area contributed by atoms with Gasteiger partial charge in [0.25, 0.3) is 11.8 Å². The fourth-order valence-corrected chi connectivity index (χ4v) is 15.8. The smallest absolute Gasteiger partial charge is 0.262 e. The van der Waals surface area contributed by atoms with Crippen molar-refractivity contribution in [2.45, 2.75) is 169 Å². The molecule has 0 bridgehead atoms. The average Bonchev–Trinajstić information content (AvgIpc) is 4.00. The predicted octanol–water partition coefficient (Wildman–Crippen LogP) is 18.6. The molecule has 0 radical (unpaired) electrons. The molecule has 1 atom stereocenters. The highest BCUT2D eigenvalue weighted by molar-refractivity contribution is 9.11. The number of aryl methyl sites for hydroxylation is 2. The fraction of sp³-hybridized carbons (Fsp3) is 0.583. The van der Waals surface area contributed by atoms with Gasteiger partial charge in [0.1, 0.15) is 0 Å². The minimum Gasteiger partial charge on any atom is -0.274 e. The lowest BCUT2D eigenvalue weighted by atomic mass is 9.94. The lowest BCUT2D eigenvalue weighted by molar-refractivity contribution is 0.0622. The Balaban J connectivity index is 1.41. The van der Waals surface area contributed by atoms with Gasteiger partial charge in [0, 0.05) is 36.8 Å². The number of carbonyl (C=O) groups is 2. The molecule has 11 heteroatoms. The number of rotatable bonds is 26. The van der Waals surface area contributed by atoms with Gasteiger partial charge in [-0.15, -0.1) is 45.3 Å². The first-order valence-electron chi connectivity index (χ1n) is 22.5. The van der Waals surface area contributed by atoms with E-state index in [0.717, 1.165) is 116 Å². The van der Waals surface area contributed by atoms with Crippen molar-refractivity contribution in [2.75, 3.05) is 6.54 Å². The van der Waals surface area contributed by atoms with Crippen LogP contribution in [0.1, 0.15) is 188 Å². The zero-order valence-electron chi connectivity index (χ0n) is 35.4. The quantitative estimate of drug-likeness (QED) is 0.0409. The molecule has 1 aliphatic rings. The molecule has 2 amide bonds. The molecular weight excluding hydrogens is 949 g/mol. The molecule has 0 fully saturated rings. The van der Waals surface area contributed by atoms with E-state index in [2.05, 4.69) is 59.6 Å². The summed E-state index contributed by atoms with van der Waals surface area (Å²) < 4.78 is 40.4. The van der Waals surface area contributed by atoms with Gasteiger partial charge in [-0.1, -0.05) is 130 Å². The van der Waals surface area contributed by atoms with Crippen LogP contribution in [0.2, 0.25) is 0 Å². The van der Waals surface area contributed by atoms with E-state index in [1.165, 1.54) is 90.1 Å². The Hall–Kier alpha value is -1.50. The number of thiophene rings is 4. The van der Waals surface area contributed by atoms with E-state index in [1.54, 1.807) is 22.7 Å². The van der Waals surface area contributed by atoms with Gasteiger partial charge < -0.3 is 0 Å². The van der Waals surface area contributed by atoms with Gasteiger partial charge in [0.2, 0.25) is 0 Å². The van der Waals surface area contributed by atoms with E-state index in [9.17, 15) is 9.59 Å². The maximum Gasteiger partial charge on any atom is 0.262 e. The second-order valence-electron chi connectivity index (χ2n) is 16.6. The fourth-order valence-electron chi connectivity index (χ4n) is 8.70. The summed E-state index contributed by atoms with van der Waals surface area (Å²) in [6.45, 7) is 9.07. The molecule has 0 aliphatic carbocycles. The molecule has 59 heavy (non-hydrogen) atoms. The lowest BCUT2D eigenvalue weighted by Gasteiger charge is -2.22. The van der Waals surface area contributed by atoms with Crippen LogP contribution in [0.3, 0.4) is 0 Å². The summed E-state index contributed by atoms with van der Waals surface area (Å²) in [4.78, 5) is 32.0. The molecule has 0 N–H and O–H groups in total. The number of imide groups is 1. The summed E-state index contributed by atoms with van der Waals surface area (Å²) in [6, 6.07) is 3.81. The van der Waals surface area contributed by atoms with Gasteiger partial charge in [-0.2, -0.15) is 0 Å². The van der Waals surface area contributed by atoms with Crippen LogP contribution in [-0.4, -0.2) is 23.3 Å². The zero-order chi connectivity index (χ0) is 42.1. The van der Waals surface area contributed by atoms with Crippen LogP contribution in [0.5, 0.6) is 0 Å². The average molecular weight is 1010 g/mol. The highest BCUT2D eigenvalue weighted by atomic mass is 79.9. The second kappa shape index (κ2) is 22.7. The number of hydrogen-bond donors (Lipinski definition) is 0. The van der Waals surface area contributed by atoms with Crippen LogP contribution in [-0.2, 0) is 12.8 Å². The minimum absolute atomic E-state index is 0.0276. The number of amides is 2. The molecule has 0 saturated heterocycles. The molecular formula is C48H61Br2F2NO2S4. The summed E-state index contributed by atoms with van der Waals surface area (Å²) in [5.74, 6) is -2.94. The topological polar surface area (TPSA) is 37.4 Å². The SMILES string of the molecule is CCCCCCCCc1c(Br)sc2cc(-c3c(F)c(F)c(-c4cc5sc(Br)c(CCCCCCCC)c5s4)c4c3C(=O)N(CC(CCCC)CCCCCC)C4=O)sc12. The van der Waals surface area contributed by atoms with Crippen LogP contribution >= 0.6 is 77.2 Å². The monoisotopic (exact) mass is 1010 g/mol. The maximum absolute atomic E-state index is 17.1. The van der Waals surface area contributed by atoms with Crippen molar-refractivity contribution in [1.82, 2.24) is 4.90 Å². The number of nitrogens with zero attached hydrogens (tertiary/aromatic N) is 1. The second-order valence-corrected chi connectivity index (χ2v) is 23.4. The van der Waals surface area contributed by atoms with Gasteiger partial charge in [0.15, 0.2) is 11.6 Å². The molecule has 1 aromatic carbocycles. The Morgan fingerprint density at radius 3 is 1.36 bits per heavy atom. The van der Waals surface area contributed by atoms with Crippen LogP contribution in [0, 0.1) is 17.6 Å². The van der Waals surface area contributed by atoms with Gasteiger partial charge in [-0.3, -0.25) is 14.5 Å². The molecule has 6 rings (SSSR count). The van der Waals surface area contributed by atoms with Crippen molar-refractivity contribution in [3.8, 4) is 20.9 Å². The number of halogens is 4. The molecule has 322 valence electrons. The van der Waals surface area contributed by atoms with E-state index in [-0.39, 0.29) is 34.7 Å². The van der Waals surface area contributed by atoms with E-state index >= 15 is 8.78 Å². The summed E-state index contributed by atoms with van der Waals surface area (Å²) in [7, 11) is 0. The maximum atomic E-state index is 17.1. The number of unbranched alkanes of at least 4 members (excludes halogenated alkanes) is 14. The standard InChI is InChI=1S/C48H61Br2F2NO2S4/c1-5-9-13-16-18-21-25-31-43-35(58-45(31)49)27-33(56-43)37-39-40(48(55)53(47(39)54)29-30(23-12-8-4)24-20-15-11-7-3)38(42(52)41(37)51)34-28-36-44(57-34)32(46(50)59-36)26-22-19-17-14-10-6-2/h27-28,30H,5-26,29H2,1-4H3. The van der Waals surface area contributed by atoms with E-state index in [4.69, 9.17) is 0 Å². The van der Waals surface area contributed by atoms with Crippen LogP contribution < -0.4 is 0 Å². The highest BCUT2D eigenvalue weighted by Crippen LogP contribution is 2.52. The lowest BCUT2D eigenvalue weighted by Crippen LogP contribution is -2.34. The molecule has 3 nitrogen and oxygen atoms in total. The van der Waals surface area contributed by atoms with Gasteiger partial charge in [0.05, 0.1) is 28.1 Å². The van der Waals surface area contributed by atoms with Crippen molar-refractivity contribution in [1.29, 1.82) is 0 Å². The van der Waals surface area contributed by atoms with Gasteiger partial charge >= 0.3 is 0 Å². The first-order chi connectivity index (χ1) is 28.6. The van der Waals surface area contributed by atoms with Gasteiger partial charge in [-0.05, 0) is 99.6 Å². The van der Waals surface area contributed by atoms with Crippen LogP contribution in [0.25, 0.3) is 39.7 Å². The molecule has 4 aromatic heterocycles. The van der Waals surface area contributed by atoms with E-state index in [1.807, 2.05) is 12.1 Å². The first-order valence-corrected chi connectivity index (χ1v) is 27.3. The highest BCUT2D eigenvalue weighted by Gasteiger charge is 2.45. The van der Waals surface area contributed by atoms with E-state index < -0.39 is 23.4 Å². The molecule has 5 heterocycles. The van der Waals surface area contributed by atoms with Crippen LogP contribution in [0.4, 0.5) is 8.78 Å².